The maximum Gasteiger partial charge on any atom is 0.251 e. The third-order valence-corrected chi connectivity index (χ3v) is 4.84. The topological polar surface area (TPSA) is 58.2 Å². The van der Waals surface area contributed by atoms with Crippen molar-refractivity contribution in [3.63, 3.8) is 0 Å². The van der Waals surface area contributed by atoms with Gasteiger partial charge in [-0.1, -0.05) is 41.4 Å². The van der Waals surface area contributed by atoms with Crippen LogP contribution in [0.3, 0.4) is 0 Å². The van der Waals surface area contributed by atoms with E-state index in [0.29, 0.717) is 28.7 Å². The van der Waals surface area contributed by atoms with Crippen molar-refractivity contribution < 1.29 is 9.59 Å². The van der Waals surface area contributed by atoms with Gasteiger partial charge in [-0.3, -0.25) is 9.59 Å². The predicted octanol–water partition coefficient (Wildman–Crippen LogP) is 3.64. The largest absolute Gasteiger partial charge is 0.354 e. The van der Waals surface area contributed by atoms with E-state index in [-0.39, 0.29) is 23.7 Å². The number of hydrogen-bond donors (Lipinski definition) is 2. The maximum atomic E-state index is 12.2. The third kappa shape index (κ3) is 4.53. The van der Waals surface area contributed by atoms with Gasteiger partial charge in [0.2, 0.25) is 5.91 Å². The first-order valence-corrected chi connectivity index (χ1v) is 8.88. The zero-order valence-corrected chi connectivity index (χ0v) is 15.0. The van der Waals surface area contributed by atoms with Crippen molar-refractivity contribution in [1.29, 1.82) is 0 Å². The highest BCUT2D eigenvalue weighted by molar-refractivity contribution is 6.31. The van der Waals surface area contributed by atoms with Crippen LogP contribution < -0.4 is 10.6 Å². The van der Waals surface area contributed by atoms with Gasteiger partial charge in [0, 0.05) is 34.6 Å². The molecule has 0 spiro atoms. The van der Waals surface area contributed by atoms with E-state index in [9.17, 15) is 9.59 Å². The number of hydrogen-bond acceptors (Lipinski definition) is 2. The van der Waals surface area contributed by atoms with Crippen molar-refractivity contribution in [2.24, 2.45) is 5.92 Å². The summed E-state index contributed by atoms with van der Waals surface area (Å²) in [5.74, 6) is -0.0267. The van der Waals surface area contributed by atoms with Crippen molar-refractivity contribution in [3.05, 3.63) is 69.7 Å². The molecule has 1 fully saturated rings. The molecule has 0 aliphatic heterocycles. The van der Waals surface area contributed by atoms with E-state index in [4.69, 9.17) is 23.2 Å². The zero-order chi connectivity index (χ0) is 17.8. The summed E-state index contributed by atoms with van der Waals surface area (Å²) in [7, 11) is 0. The van der Waals surface area contributed by atoms with Gasteiger partial charge in [-0.2, -0.15) is 0 Å². The molecule has 2 unspecified atom stereocenters. The molecule has 2 aromatic rings. The van der Waals surface area contributed by atoms with Gasteiger partial charge in [0.1, 0.15) is 0 Å². The van der Waals surface area contributed by atoms with Crippen molar-refractivity contribution in [1.82, 2.24) is 10.6 Å². The van der Waals surface area contributed by atoms with E-state index in [1.807, 2.05) is 24.3 Å². The Balaban J connectivity index is 1.40. The van der Waals surface area contributed by atoms with Crippen molar-refractivity contribution in [3.8, 4) is 0 Å². The summed E-state index contributed by atoms with van der Waals surface area (Å²) >= 11 is 12.0. The monoisotopic (exact) mass is 376 g/mol. The second kappa shape index (κ2) is 7.89. The molecule has 3 rings (SSSR count). The van der Waals surface area contributed by atoms with E-state index in [1.54, 1.807) is 24.3 Å². The van der Waals surface area contributed by atoms with Crippen LogP contribution in [0.25, 0.3) is 0 Å². The Hall–Kier alpha value is -2.04. The first-order valence-electron chi connectivity index (χ1n) is 8.12. The third-order valence-electron chi connectivity index (χ3n) is 4.25. The quantitative estimate of drug-likeness (QED) is 0.756. The summed E-state index contributed by atoms with van der Waals surface area (Å²) in [5.41, 5.74) is 1.57. The van der Waals surface area contributed by atoms with Crippen molar-refractivity contribution in [2.45, 2.75) is 12.3 Å². The number of carbonyl (C=O) groups is 2. The highest BCUT2D eigenvalue weighted by atomic mass is 35.5. The molecular weight excluding hydrogens is 359 g/mol. The number of carbonyl (C=O) groups excluding carboxylic acids is 2. The van der Waals surface area contributed by atoms with E-state index >= 15 is 0 Å². The Morgan fingerprint density at radius 1 is 0.960 bits per heavy atom. The van der Waals surface area contributed by atoms with Gasteiger partial charge in [0.15, 0.2) is 0 Å². The van der Waals surface area contributed by atoms with E-state index in [1.165, 1.54) is 0 Å². The van der Waals surface area contributed by atoms with E-state index in [2.05, 4.69) is 10.6 Å². The van der Waals surface area contributed by atoms with Crippen LogP contribution in [-0.4, -0.2) is 24.9 Å². The fraction of sp³-hybridized carbons (Fsp3) is 0.263. The lowest BCUT2D eigenvalue weighted by molar-refractivity contribution is -0.122. The van der Waals surface area contributed by atoms with Crippen molar-refractivity contribution >= 4 is 35.0 Å². The van der Waals surface area contributed by atoms with Gasteiger partial charge in [-0.05, 0) is 48.2 Å². The molecule has 2 aromatic carbocycles. The van der Waals surface area contributed by atoms with Gasteiger partial charge >= 0.3 is 0 Å². The van der Waals surface area contributed by atoms with Gasteiger partial charge < -0.3 is 10.6 Å². The Kier molecular flexibility index (Phi) is 5.61. The number of halogens is 2. The fourth-order valence-corrected chi connectivity index (χ4v) is 3.20. The van der Waals surface area contributed by atoms with E-state index < -0.39 is 0 Å². The van der Waals surface area contributed by atoms with Crippen molar-refractivity contribution in [2.75, 3.05) is 13.1 Å². The normalized spacial score (nSPS) is 18.5. The summed E-state index contributed by atoms with van der Waals surface area (Å²) in [6.07, 6.45) is 0.812. The lowest BCUT2D eigenvalue weighted by Crippen LogP contribution is -2.35. The molecule has 25 heavy (non-hydrogen) atoms. The van der Waals surface area contributed by atoms with Crippen LogP contribution in [0.2, 0.25) is 10.0 Å². The molecule has 2 N–H and O–H groups in total. The maximum absolute atomic E-state index is 12.2. The molecule has 0 aromatic heterocycles. The number of rotatable bonds is 6. The minimum atomic E-state index is -0.189. The Bertz CT molecular complexity index is 777. The molecule has 0 saturated heterocycles. The van der Waals surface area contributed by atoms with Crippen LogP contribution >= 0.6 is 23.2 Å². The van der Waals surface area contributed by atoms with Crippen LogP contribution in [0.4, 0.5) is 0 Å². The molecule has 2 amide bonds. The Labute approximate surface area is 156 Å². The molecule has 130 valence electrons. The summed E-state index contributed by atoms with van der Waals surface area (Å²) in [6.45, 7) is 0.764. The Morgan fingerprint density at radius 3 is 2.36 bits per heavy atom. The zero-order valence-electron chi connectivity index (χ0n) is 13.5. The molecular formula is C19H18Cl2N2O2. The SMILES string of the molecule is O=C(NCCNC(=O)C1CC1c1ccccc1Cl)c1ccc(Cl)cc1. The molecule has 1 aliphatic carbocycles. The number of benzene rings is 2. The highest BCUT2D eigenvalue weighted by Crippen LogP contribution is 2.49. The molecule has 6 heteroatoms. The molecule has 0 heterocycles. The van der Waals surface area contributed by atoms with Crippen LogP contribution in [0.1, 0.15) is 28.3 Å². The van der Waals surface area contributed by atoms with Crippen LogP contribution in [0.15, 0.2) is 48.5 Å². The number of amides is 2. The molecule has 1 aliphatic rings. The lowest BCUT2D eigenvalue weighted by atomic mass is 10.1. The van der Waals surface area contributed by atoms with Crippen LogP contribution in [0, 0.1) is 5.92 Å². The van der Waals surface area contributed by atoms with Crippen LogP contribution in [0.5, 0.6) is 0 Å². The number of nitrogens with one attached hydrogen (secondary N) is 2. The predicted molar refractivity (Wildman–Crippen MR) is 99.1 cm³/mol. The molecule has 4 nitrogen and oxygen atoms in total. The summed E-state index contributed by atoms with van der Waals surface area (Å²) < 4.78 is 0. The average Bonchev–Trinajstić information content (AvgIpc) is 3.40. The average molecular weight is 377 g/mol. The second-order valence-electron chi connectivity index (χ2n) is 6.02. The molecule has 2 atom stereocenters. The molecule has 1 saturated carbocycles. The highest BCUT2D eigenvalue weighted by Gasteiger charge is 2.44. The molecule has 0 bridgehead atoms. The lowest BCUT2D eigenvalue weighted by Gasteiger charge is -2.08. The summed E-state index contributed by atoms with van der Waals surface area (Å²) in [4.78, 5) is 24.1. The first kappa shape index (κ1) is 17.8. The Morgan fingerprint density at radius 2 is 1.64 bits per heavy atom. The van der Waals surface area contributed by atoms with Gasteiger partial charge in [0.25, 0.3) is 5.91 Å². The van der Waals surface area contributed by atoms with Gasteiger partial charge in [0.05, 0.1) is 0 Å². The summed E-state index contributed by atoms with van der Waals surface area (Å²) in [5, 5.41) is 6.92. The second-order valence-corrected chi connectivity index (χ2v) is 6.87. The first-order chi connectivity index (χ1) is 12.1. The minimum absolute atomic E-state index is 0.00524. The smallest absolute Gasteiger partial charge is 0.251 e. The van der Waals surface area contributed by atoms with Crippen LogP contribution in [-0.2, 0) is 4.79 Å². The summed E-state index contributed by atoms with van der Waals surface area (Å²) in [6, 6.07) is 14.3. The fourth-order valence-electron chi connectivity index (χ4n) is 2.80. The van der Waals surface area contributed by atoms with E-state index in [0.717, 1.165) is 12.0 Å². The van der Waals surface area contributed by atoms with Gasteiger partial charge in [-0.15, -0.1) is 0 Å². The minimum Gasteiger partial charge on any atom is -0.354 e. The van der Waals surface area contributed by atoms with Gasteiger partial charge in [-0.25, -0.2) is 0 Å². The standard InChI is InChI=1S/C19H18Cl2N2O2/c20-13-7-5-12(6-8-13)18(24)22-9-10-23-19(25)16-11-15(16)14-3-1-2-4-17(14)21/h1-8,15-16H,9-11H2,(H,22,24)(H,23,25). The molecule has 0 radical (unpaired) electrons.